The summed E-state index contributed by atoms with van der Waals surface area (Å²) in [5.41, 5.74) is 4.21. The molecule has 0 aliphatic carbocycles. The Balaban J connectivity index is -0.00000121. The Morgan fingerprint density at radius 2 is 0.838 bits per heavy atom. The molecule has 11 rings (SSSR count). The van der Waals surface area contributed by atoms with Crippen LogP contribution in [0, 0.1) is 70.8 Å². The molecule has 1 saturated heterocycles. The molecule has 596 valence electrons. The van der Waals surface area contributed by atoms with E-state index in [1.165, 1.54) is 62.5 Å². The van der Waals surface area contributed by atoms with Gasteiger partial charge in [-0.2, -0.15) is 0 Å². The van der Waals surface area contributed by atoms with E-state index in [9.17, 15) is 63.9 Å². The fourth-order valence-corrected chi connectivity index (χ4v) is 7.37. The van der Waals surface area contributed by atoms with Gasteiger partial charge in [0, 0.05) is 154 Å². The molecule has 1 aliphatic rings. The molecule has 0 spiro atoms. The van der Waals surface area contributed by atoms with Crippen molar-refractivity contribution in [2.75, 3.05) is 39.5 Å². The molecule has 21 nitrogen and oxygen atoms in total. The molecule has 0 unspecified atom stereocenters. The Bertz CT molecular complexity index is 4100. The summed E-state index contributed by atoms with van der Waals surface area (Å²) in [5.74, 6) is -8.33. The predicted molar refractivity (Wildman–Crippen MR) is 392 cm³/mol. The number of aliphatic hydroxyl groups is 1. The number of nitrogens with one attached hydrogen (secondary N) is 1. The molecule has 0 bridgehead atoms. The van der Waals surface area contributed by atoms with Crippen LogP contribution in [-0.4, -0.2) is 121 Å². The van der Waals surface area contributed by atoms with Crippen molar-refractivity contribution in [2.45, 2.75) is 69.6 Å². The number of nitrogens with zero attached hydrogens (tertiary/aromatic N) is 7. The van der Waals surface area contributed by atoms with Crippen LogP contribution in [0.15, 0.2) is 212 Å². The number of carbonyl (C=O) groups is 5. The molecule has 0 atom stereocenters. The monoisotopic (exact) mass is 1900 g/mol. The van der Waals surface area contributed by atoms with Crippen molar-refractivity contribution in [1.29, 1.82) is 0 Å². The van der Waals surface area contributed by atoms with Crippen molar-refractivity contribution in [1.82, 2.24) is 35.2 Å². The van der Waals surface area contributed by atoms with Gasteiger partial charge in [-0.1, -0.05) is 150 Å². The maximum atomic E-state index is 13.2. The van der Waals surface area contributed by atoms with Gasteiger partial charge in [0.25, 0.3) is 0 Å². The zero-order valence-corrected chi connectivity index (χ0v) is 61.3. The predicted octanol–water partition coefficient (Wildman–Crippen LogP) is 16.5. The molecule has 6 aromatic heterocycles. The number of esters is 2. The molecule has 2 radical (unpaired) electrons. The Hall–Kier alpha value is -11.6. The van der Waals surface area contributed by atoms with Crippen LogP contribution < -0.4 is 5.32 Å². The van der Waals surface area contributed by atoms with E-state index < -0.39 is 76.5 Å². The van der Waals surface area contributed by atoms with Crippen molar-refractivity contribution in [2.24, 2.45) is 4.99 Å². The van der Waals surface area contributed by atoms with Gasteiger partial charge in [-0.15, -0.1) is 48.5 Å². The number of pyridine rings is 6. The number of ether oxygens (including phenoxy) is 4. The topological polar surface area (TPSA) is 302 Å². The fourth-order valence-electron chi connectivity index (χ4n) is 7.37. The Morgan fingerprint density at radius 1 is 0.505 bits per heavy atom. The number of aromatic nitrogens is 6. The number of hydrogen-bond donors (Lipinski definition) is 4. The fraction of sp³-hybridized carbons (Fsp3) is 0.200. The Labute approximate surface area is 665 Å². The molecular formula is C80H80F8Ir2N8O13-4. The first-order chi connectivity index (χ1) is 50.4. The summed E-state index contributed by atoms with van der Waals surface area (Å²) in [5, 5.41) is 28.1. The second-order valence-corrected chi connectivity index (χ2v) is 20.5. The number of aliphatic hydroxyl groups excluding tert-OH is 1. The number of carbonyl (C=O) groups excluding carboxylic acids is 4. The van der Waals surface area contributed by atoms with Crippen molar-refractivity contribution < 1.29 is 138 Å². The van der Waals surface area contributed by atoms with E-state index in [2.05, 4.69) is 82.4 Å². The maximum Gasteiger partial charge on any atom is 0.407 e. The van der Waals surface area contributed by atoms with E-state index in [0.717, 1.165) is 61.7 Å². The number of alkyl carbamates (subject to hydrolysis) is 1. The molecule has 1 fully saturated rings. The third-order valence-electron chi connectivity index (χ3n) is 12.4. The van der Waals surface area contributed by atoms with Gasteiger partial charge in [0.15, 0.2) is 0 Å². The van der Waals surface area contributed by atoms with Crippen LogP contribution in [0.4, 0.5) is 39.9 Å². The summed E-state index contributed by atoms with van der Waals surface area (Å²) >= 11 is 0. The molecule has 1 aliphatic heterocycles. The number of benzene rings is 4. The van der Waals surface area contributed by atoms with Crippen LogP contribution in [0.25, 0.3) is 45.0 Å². The van der Waals surface area contributed by atoms with Crippen molar-refractivity contribution >= 4 is 36.1 Å². The molecule has 31 heteroatoms. The quantitative estimate of drug-likeness (QED) is 0.00962. The summed E-state index contributed by atoms with van der Waals surface area (Å²) in [6.07, 6.45) is 12.0. The SMILES string of the molecule is C.C.C.C.C1CCOC1.C=C(C)C(=O)OCCN=C=O.C=C(C)C(=O)OCCNC(=O)OCc1ccc(C(=O)O)nc1.Fc1c[c-]c(-c2ccccn2)c(F)c1.Fc1c[c-]c(-c2ccccn2)c(F)c1.Fc1c[c-]c(-c2ccccn2)c(F)c1.Fc1c[c-]c(-c2ccccn2)c(F)c1.O=C(O)c1ccc(CO)cn1.[Ir].[Ir]. The number of aromatic carboxylic acids is 2. The zero-order chi connectivity index (χ0) is 76.9. The third kappa shape index (κ3) is 41.0. The van der Waals surface area contributed by atoms with Crippen LogP contribution in [0.1, 0.15) is 88.5 Å². The molecule has 111 heavy (non-hydrogen) atoms. The number of hydrogen-bond acceptors (Lipinski definition) is 18. The Morgan fingerprint density at radius 3 is 1.09 bits per heavy atom. The van der Waals surface area contributed by atoms with E-state index in [0.29, 0.717) is 39.5 Å². The summed E-state index contributed by atoms with van der Waals surface area (Å²) in [6.45, 7) is 12.1. The first-order valence-electron chi connectivity index (χ1n) is 30.7. The summed E-state index contributed by atoms with van der Waals surface area (Å²) in [6, 6.07) is 43.8. The molecule has 0 saturated carbocycles. The minimum atomic E-state index is -1.13. The van der Waals surface area contributed by atoms with E-state index in [1.807, 2.05) is 0 Å². The van der Waals surface area contributed by atoms with Crippen LogP contribution in [0.3, 0.4) is 0 Å². The van der Waals surface area contributed by atoms with Gasteiger partial charge in [0.2, 0.25) is 6.08 Å². The molecule has 4 N–H and O–H groups in total. The minimum Gasteiger partial charge on any atom is -0.477 e. The second-order valence-electron chi connectivity index (χ2n) is 20.5. The van der Waals surface area contributed by atoms with Crippen LogP contribution in [-0.2, 0) is 86.8 Å². The first kappa shape index (κ1) is 104. The number of rotatable bonds is 17. The summed E-state index contributed by atoms with van der Waals surface area (Å²) in [4.78, 5) is 89.7. The van der Waals surface area contributed by atoms with Crippen LogP contribution >= 0.6 is 0 Å². The molecule has 1 amide bonds. The van der Waals surface area contributed by atoms with E-state index in [1.54, 1.807) is 105 Å². The van der Waals surface area contributed by atoms with Gasteiger partial charge in [-0.3, -0.25) is 35.1 Å². The first-order valence-corrected chi connectivity index (χ1v) is 30.7. The van der Waals surface area contributed by atoms with Gasteiger partial charge < -0.3 is 59.5 Å². The maximum absolute atomic E-state index is 13.2. The van der Waals surface area contributed by atoms with Gasteiger partial charge in [0.1, 0.15) is 31.2 Å². The van der Waals surface area contributed by atoms with Crippen molar-refractivity contribution in [3.8, 4) is 45.0 Å². The number of amides is 1. The largest absolute Gasteiger partial charge is 0.477 e. The van der Waals surface area contributed by atoms with Gasteiger partial charge >= 0.3 is 30.0 Å². The van der Waals surface area contributed by atoms with Crippen molar-refractivity contribution in [3.63, 3.8) is 0 Å². The molecule has 10 aromatic rings. The number of halogens is 8. The van der Waals surface area contributed by atoms with E-state index in [-0.39, 0.29) is 149 Å². The second kappa shape index (κ2) is 58.5. The average Bonchev–Trinajstić information content (AvgIpc) is 1.03. The number of carboxylic acids is 2. The van der Waals surface area contributed by atoms with Gasteiger partial charge in [-0.05, 0) is 91.4 Å². The average molecular weight is 1900 g/mol. The summed E-state index contributed by atoms with van der Waals surface area (Å²) < 4.78 is 122. The summed E-state index contributed by atoms with van der Waals surface area (Å²) in [7, 11) is 0. The van der Waals surface area contributed by atoms with Crippen LogP contribution in [0.5, 0.6) is 0 Å². The standard InChI is InChI=1S/C14H16N2O6.4C11H6F2N.C7H7NO3.C7H9NO3.C4H8O.4CH4.2Ir/c1-9(2)13(19)21-6-5-15-14(20)22-8-10-3-4-11(12(17)18)16-7-10;4*12-8-4-5-9(10(13)7-8)11-3-1-2-6-14-11;9-4-5-1-2-6(7(10)11)8-3-5;1-6(2)7(10)11-4-3-8-5-9;1-2-4-5-3-1;;;;;;/h3-4,7H,1,5-6,8H2,2H3,(H,15,20)(H,17,18);4*1-4,6-7H;1-3,9H,4H2,(H,10,11);1,3-4H2,2H3;1-4H2;4*1H4;;/q;4*-1;;;;;;;;;. The van der Waals surface area contributed by atoms with Crippen LogP contribution in [0.2, 0.25) is 0 Å². The minimum absolute atomic E-state index is 0. The molecular weight excluding hydrogens is 1820 g/mol. The number of isocyanates is 1. The zero-order valence-electron chi connectivity index (χ0n) is 56.6. The smallest absolute Gasteiger partial charge is 0.407 e. The normalized spacial score (nSPS) is 9.86. The number of aliphatic imine (C=N–C) groups is 1. The molecule has 4 aromatic carbocycles. The van der Waals surface area contributed by atoms with E-state index >= 15 is 0 Å². The molecule has 7 heterocycles. The van der Waals surface area contributed by atoms with Gasteiger partial charge in [0.05, 0.1) is 19.7 Å². The third-order valence-corrected chi connectivity index (χ3v) is 12.4. The van der Waals surface area contributed by atoms with E-state index in [4.69, 9.17) is 29.5 Å². The number of carboxylic acid groups (broad SMARTS) is 2. The van der Waals surface area contributed by atoms with Crippen molar-refractivity contribution in [3.05, 3.63) is 300 Å². The Kier molecular flexibility index (Phi) is 54.6. The van der Waals surface area contributed by atoms with Gasteiger partial charge in [-0.25, -0.2) is 43.7 Å².